The van der Waals surface area contributed by atoms with Crippen molar-refractivity contribution >= 4 is 24.0 Å². The number of carbonyl (C=O) groups is 3. The average Bonchev–Trinajstić information content (AvgIpc) is 2.95. The minimum atomic E-state index is -0.757. The van der Waals surface area contributed by atoms with Crippen molar-refractivity contribution in [2.24, 2.45) is 16.2 Å². The van der Waals surface area contributed by atoms with Crippen LogP contribution >= 0.6 is 0 Å². The third-order valence-electron chi connectivity index (χ3n) is 3.88. The number of allylic oxidation sites excluding steroid dienone is 1. The van der Waals surface area contributed by atoms with Crippen molar-refractivity contribution in [1.29, 1.82) is 0 Å². The second-order valence-corrected chi connectivity index (χ2v) is 10.3. The molecule has 0 bridgehead atoms. The van der Waals surface area contributed by atoms with Crippen LogP contribution in [0.25, 0.3) is 6.08 Å². The summed E-state index contributed by atoms with van der Waals surface area (Å²) in [6, 6.07) is 8.44. The summed E-state index contributed by atoms with van der Waals surface area (Å²) in [4.78, 5) is 30.1. The molecule has 3 N–H and O–H groups in total. The Hall–Kier alpha value is -1.75. The predicted octanol–water partition coefficient (Wildman–Crippen LogP) is 5.97. The van der Waals surface area contributed by atoms with Crippen LogP contribution in [0.3, 0.4) is 0 Å². The molecule has 0 fully saturated rings. The molecule has 0 amide bonds. The van der Waals surface area contributed by atoms with Gasteiger partial charge in [0.15, 0.2) is 0 Å². The number of hydrogen-bond donors (Lipinski definition) is 3. The minimum absolute atomic E-state index is 0. The second kappa shape index (κ2) is 14.4. The molecule has 1 aromatic carbocycles. The van der Waals surface area contributed by atoms with Gasteiger partial charge in [-0.25, -0.2) is 6.08 Å². The summed E-state index contributed by atoms with van der Waals surface area (Å²) in [5.74, 6) is -1.77. The van der Waals surface area contributed by atoms with E-state index < -0.39 is 34.2 Å². The third kappa shape index (κ3) is 16.0. The third-order valence-corrected chi connectivity index (χ3v) is 3.88. The van der Waals surface area contributed by atoms with Crippen molar-refractivity contribution in [3.63, 3.8) is 0 Å². The Balaban J connectivity index is -0.000000354. The monoisotopic (exact) mass is 525 g/mol. The van der Waals surface area contributed by atoms with Gasteiger partial charge in [0.25, 0.3) is 0 Å². The van der Waals surface area contributed by atoms with Gasteiger partial charge in [-0.3, -0.25) is 20.5 Å². The first-order valence-corrected chi connectivity index (χ1v) is 10.1. The molecular weight excluding hydrogens is 487 g/mol. The van der Waals surface area contributed by atoms with Crippen LogP contribution in [0.1, 0.15) is 86.3 Å². The van der Waals surface area contributed by atoms with E-state index in [4.69, 9.17) is 15.3 Å². The van der Waals surface area contributed by atoms with Gasteiger partial charge < -0.3 is 15.3 Å². The van der Waals surface area contributed by atoms with E-state index in [1.54, 1.807) is 62.3 Å². The molecule has 6 nitrogen and oxygen atoms in total. The number of benzene rings is 1. The Morgan fingerprint density at radius 2 is 1.00 bits per heavy atom. The number of aliphatic carboxylic acids is 3. The molecule has 32 heavy (non-hydrogen) atoms. The van der Waals surface area contributed by atoms with Crippen LogP contribution in [0.4, 0.5) is 0 Å². The van der Waals surface area contributed by atoms with Gasteiger partial charge in [0.2, 0.25) is 0 Å². The normalized spacial score (nSPS) is 14.0. The minimum Gasteiger partial charge on any atom is -0.481 e. The molecule has 0 heterocycles. The fraction of sp³-hybridized carbons (Fsp3) is 0.560. The van der Waals surface area contributed by atoms with E-state index in [2.05, 4.69) is 43.3 Å². The van der Waals surface area contributed by atoms with Gasteiger partial charge in [-0.1, -0.05) is 31.0 Å². The summed E-state index contributed by atoms with van der Waals surface area (Å²) in [6.07, 6.45) is 5.33. The van der Waals surface area contributed by atoms with Crippen LogP contribution in [0.5, 0.6) is 0 Å². The maximum Gasteiger partial charge on any atom is 0.308 e. The molecule has 180 valence electrons. The van der Waals surface area contributed by atoms with Gasteiger partial charge in [0, 0.05) is 26.2 Å². The van der Waals surface area contributed by atoms with Crippen LogP contribution in [-0.2, 0) is 40.6 Å². The maximum atomic E-state index is 10.0. The van der Waals surface area contributed by atoms with E-state index in [9.17, 15) is 14.4 Å². The molecule has 1 unspecified atom stereocenters. The first-order chi connectivity index (χ1) is 13.7. The summed E-state index contributed by atoms with van der Waals surface area (Å²) < 4.78 is 0. The zero-order chi connectivity index (χ0) is 25.2. The fourth-order valence-corrected chi connectivity index (χ4v) is 1.34. The number of fused-ring (bicyclic) bond motifs is 1. The van der Waals surface area contributed by atoms with Crippen LogP contribution < -0.4 is 0 Å². The summed E-state index contributed by atoms with van der Waals surface area (Å²) in [6.45, 7) is 17.1. The summed E-state index contributed by atoms with van der Waals surface area (Å²) >= 11 is 0. The number of carboxylic acid groups (broad SMARTS) is 3. The first-order valence-electron chi connectivity index (χ1n) is 10.1. The van der Waals surface area contributed by atoms with E-state index in [0.29, 0.717) is 5.92 Å². The molecule has 2 rings (SSSR count). The van der Waals surface area contributed by atoms with Gasteiger partial charge >= 0.3 is 17.9 Å². The predicted molar refractivity (Wildman–Crippen MR) is 124 cm³/mol. The zero-order valence-corrected chi connectivity index (χ0v) is 23.5. The van der Waals surface area contributed by atoms with Crippen molar-refractivity contribution in [1.82, 2.24) is 0 Å². The molecule has 0 aliphatic heterocycles. The van der Waals surface area contributed by atoms with Gasteiger partial charge in [-0.15, -0.1) is 11.6 Å². The van der Waals surface area contributed by atoms with Crippen LogP contribution in [0.15, 0.2) is 24.3 Å². The number of carboxylic acids is 3. The maximum absolute atomic E-state index is 10.0. The summed E-state index contributed by atoms with van der Waals surface area (Å²) in [7, 11) is 0. The smallest absolute Gasteiger partial charge is 0.308 e. The van der Waals surface area contributed by atoms with E-state index in [-0.39, 0.29) is 26.2 Å². The van der Waals surface area contributed by atoms with Gasteiger partial charge in [-0.2, -0.15) is 5.56 Å². The van der Waals surface area contributed by atoms with E-state index in [1.807, 2.05) is 0 Å². The van der Waals surface area contributed by atoms with E-state index >= 15 is 0 Å². The molecule has 7 heteroatoms. The Kier molecular flexibility index (Phi) is 15.7. The molecule has 0 radical (unpaired) electrons. The second-order valence-electron chi connectivity index (χ2n) is 10.3. The van der Waals surface area contributed by atoms with E-state index in [1.165, 1.54) is 11.1 Å². The zero-order valence-electron chi connectivity index (χ0n) is 21.0. The van der Waals surface area contributed by atoms with Gasteiger partial charge in [0.1, 0.15) is 0 Å². The Bertz CT molecular complexity index is 705. The Morgan fingerprint density at radius 3 is 1.25 bits per heavy atom. The molecule has 0 spiro atoms. The first kappa shape index (κ1) is 34.9. The molecule has 0 saturated carbocycles. The summed E-state index contributed by atoms with van der Waals surface area (Å²) in [5.41, 5.74) is 0.984. The Morgan fingerprint density at radius 1 is 0.719 bits per heavy atom. The van der Waals surface area contributed by atoms with Crippen LogP contribution in [-0.4, -0.2) is 33.2 Å². The fourth-order valence-electron chi connectivity index (χ4n) is 1.34. The molecular formula is C25H39O6Zr-. The molecule has 1 aliphatic carbocycles. The van der Waals surface area contributed by atoms with Gasteiger partial charge in [0.05, 0.1) is 16.2 Å². The van der Waals surface area contributed by atoms with Crippen molar-refractivity contribution < 1.29 is 55.9 Å². The SMILES string of the molecule is CC(C)(C)C(=O)O.CC(C)(C)C(=O)O.CC(C)(C)C(=O)O.CC1[C-]=Cc2ccccc21.[Zr]. The Labute approximate surface area is 212 Å². The molecule has 1 aromatic rings. The molecule has 0 saturated heterocycles. The molecule has 1 atom stereocenters. The molecule has 0 aromatic heterocycles. The quantitative estimate of drug-likeness (QED) is 0.359. The average molecular weight is 527 g/mol. The largest absolute Gasteiger partial charge is 0.481 e. The van der Waals surface area contributed by atoms with Crippen molar-refractivity contribution in [3.8, 4) is 0 Å². The number of hydrogen-bond acceptors (Lipinski definition) is 3. The van der Waals surface area contributed by atoms with Gasteiger partial charge in [-0.05, 0) is 62.3 Å². The number of rotatable bonds is 0. The topological polar surface area (TPSA) is 112 Å². The summed E-state index contributed by atoms with van der Waals surface area (Å²) in [5, 5.41) is 24.8. The van der Waals surface area contributed by atoms with Crippen molar-refractivity contribution in [2.45, 2.75) is 75.2 Å². The standard InChI is InChI=1S/C10H9.3C5H10O2.Zr/c1-8-6-7-9-4-2-3-5-10(8)9;3*1-5(2,3)4(6)7;/h2-5,7-8H,1H3;3*1-3H3,(H,6,7);/q-1;;;;. The van der Waals surface area contributed by atoms with E-state index in [0.717, 1.165) is 0 Å². The van der Waals surface area contributed by atoms with Crippen molar-refractivity contribution in [3.05, 3.63) is 41.5 Å². The van der Waals surface area contributed by atoms with Crippen molar-refractivity contribution in [2.75, 3.05) is 0 Å². The molecule has 1 aliphatic rings. The van der Waals surface area contributed by atoms with Crippen LogP contribution in [0.2, 0.25) is 0 Å². The van der Waals surface area contributed by atoms with Crippen LogP contribution in [0, 0.1) is 22.3 Å².